The molecule has 0 fully saturated rings. The Kier molecular flexibility index (Phi) is 5.70. The van der Waals surface area contributed by atoms with E-state index in [2.05, 4.69) is 0 Å². The second-order valence-electron chi connectivity index (χ2n) is 4.19. The number of ether oxygens (including phenoxy) is 1. The van der Waals surface area contributed by atoms with Crippen LogP contribution in [0.3, 0.4) is 0 Å². The molecule has 0 aliphatic heterocycles. The van der Waals surface area contributed by atoms with E-state index in [0.29, 0.717) is 13.0 Å². The van der Waals surface area contributed by atoms with Crippen LogP contribution < -0.4 is 0 Å². The van der Waals surface area contributed by atoms with Gasteiger partial charge in [0.1, 0.15) is 0 Å². The summed E-state index contributed by atoms with van der Waals surface area (Å²) < 4.78 is 4.95. The summed E-state index contributed by atoms with van der Waals surface area (Å²) in [6, 6.07) is 7.68. The van der Waals surface area contributed by atoms with Crippen molar-refractivity contribution >= 4 is 5.97 Å². The molecule has 94 valence electrons. The highest BCUT2D eigenvalue weighted by Crippen LogP contribution is 2.18. The first-order valence-electron chi connectivity index (χ1n) is 6.03. The van der Waals surface area contributed by atoms with Gasteiger partial charge in [-0.2, -0.15) is 0 Å². The number of esters is 1. The van der Waals surface area contributed by atoms with Gasteiger partial charge in [-0.05, 0) is 25.3 Å². The van der Waals surface area contributed by atoms with Gasteiger partial charge in [-0.15, -0.1) is 0 Å². The number of aliphatic hydroxyl groups excluding tert-OH is 1. The molecule has 0 saturated carbocycles. The van der Waals surface area contributed by atoms with Gasteiger partial charge in [-0.1, -0.05) is 36.8 Å². The van der Waals surface area contributed by atoms with E-state index in [-0.39, 0.29) is 12.4 Å². The number of aryl methyl sites for hydroxylation is 1. The number of benzene rings is 1. The smallest absolute Gasteiger partial charge is 0.305 e. The molecular formula is C14H20O3. The third-order valence-corrected chi connectivity index (χ3v) is 2.55. The number of aliphatic hydroxyl groups is 1. The summed E-state index contributed by atoms with van der Waals surface area (Å²) in [6.45, 7) is 4.41. The van der Waals surface area contributed by atoms with Gasteiger partial charge in [0.25, 0.3) is 0 Å². The normalized spacial score (nSPS) is 12.2. The van der Waals surface area contributed by atoms with Gasteiger partial charge in [0.15, 0.2) is 0 Å². The summed E-state index contributed by atoms with van der Waals surface area (Å²) in [4.78, 5) is 11.3. The zero-order valence-corrected chi connectivity index (χ0v) is 10.5. The van der Waals surface area contributed by atoms with E-state index in [9.17, 15) is 9.90 Å². The van der Waals surface area contributed by atoms with Gasteiger partial charge in [-0.3, -0.25) is 4.79 Å². The fourth-order valence-corrected chi connectivity index (χ4v) is 1.50. The Labute approximate surface area is 102 Å². The molecule has 0 heterocycles. The fraction of sp³-hybridized carbons (Fsp3) is 0.500. The van der Waals surface area contributed by atoms with E-state index >= 15 is 0 Å². The van der Waals surface area contributed by atoms with Crippen LogP contribution in [-0.2, 0) is 9.53 Å². The van der Waals surface area contributed by atoms with Gasteiger partial charge in [0.2, 0.25) is 0 Å². The first-order valence-corrected chi connectivity index (χ1v) is 6.03. The van der Waals surface area contributed by atoms with Gasteiger partial charge in [-0.25, -0.2) is 0 Å². The third kappa shape index (κ3) is 5.00. The molecule has 1 atom stereocenters. The molecule has 0 aromatic heterocycles. The Bertz CT molecular complexity index is 343. The van der Waals surface area contributed by atoms with Crippen LogP contribution in [0.25, 0.3) is 0 Å². The minimum absolute atomic E-state index is 0.238. The van der Waals surface area contributed by atoms with E-state index in [1.807, 2.05) is 38.1 Å². The molecule has 0 bridgehead atoms. The van der Waals surface area contributed by atoms with Gasteiger partial charge in [0, 0.05) is 6.42 Å². The van der Waals surface area contributed by atoms with Crippen molar-refractivity contribution in [3.8, 4) is 0 Å². The molecule has 3 nitrogen and oxygen atoms in total. The highest BCUT2D eigenvalue weighted by atomic mass is 16.5. The van der Waals surface area contributed by atoms with Crippen LogP contribution in [0.2, 0.25) is 0 Å². The standard InChI is InChI=1S/C14H20O3/c1-3-10-17-14(16)9-8-13(15)12-6-4-11(2)5-7-12/h4-7,13,15H,3,8-10H2,1-2H3. The summed E-state index contributed by atoms with van der Waals surface area (Å²) in [6.07, 6.45) is 0.900. The molecule has 3 heteroatoms. The summed E-state index contributed by atoms with van der Waals surface area (Å²) in [5.74, 6) is -0.238. The van der Waals surface area contributed by atoms with E-state index in [1.165, 1.54) is 0 Å². The molecule has 17 heavy (non-hydrogen) atoms. The summed E-state index contributed by atoms with van der Waals surface area (Å²) in [7, 11) is 0. The molecule has 1 aromatic carbocycles. The molecule has 1 N–H and O–H groups in total. The maximum Gasteiger partial charge on any atom is 0.305 e. The van der Waals surface area contributed by atoms with E-state index < -0.39 is 6.10 Å². The highest BCUT2D eigenvalue weighted by Gasteiger charge is 2.10. The number of carbonyl (C=O) groups excluding carboxylic acids is 1. The Balaban J connectivity index is 2.36. The molecular weight excluding hydrogens is 216 g/mol. The molecule has 1 aromatic rings. The quantitative estimate of drug-likeness (QED) is 0.772. The zero-order valence-electron chi connectivity index (χ0n) is 10.5. The van der Waals surface area contributed by atoms with Crippen molar-refractivity contribution in [1.82, 2.24) is 0 Å². The molecule has 0 amide bonds. The molecule has 1 rings (SSSR count). The minimum atomic E-state index is -0.593. The second-order valence-corrected chi connectivity index (χ2v) is 4.19. The monoisotopic (exact) mass is 236 g/mol. The lowest BCUT2D eigenvalue weighted by Crippen LogP contribution is -2.07. The van der Waals surface area contributed by atoms with Crippen molar-refractivity contribution in [1.29, 1.82) is 0 Å². The van der Waals surface area contributed by atoms with Crippen molar-refractivity contribution in [3.63, 3.8) is 0 Å². The summed E-state index contributed by atoms with van der Waals surface area (Å²) in [5.41, 5.74) is 2.00. The summed E-state index contributed by atoms with van der Waals surface area (Å²) in [5, 5.41) is 9.88. The summed E-state index contributed by atoms with van der Waals surface area (Å²) >= 11 is 0. The number of carbonyl (C=O) groups is 1. The van der Waals surface area contributed by atoms with Crippen molar-refractivity contribution in [2.24, 2.45) is 0 Å². The lowest BCUT2D eigenvalue weighted by atomic mass is 10.0. The largest absolute Gasteiger partial charge is 0.466 e. The number of rotatable bonds is 6. The van der Waals surface area contributed by atoms with Crippen molar-refractivity contribution in [2.75, 3.05) is 6.61 Å². The predicted molar refractivity (Wildman–Crippen MR) is 66.6 cm³/mol. The molecule has 0 spiro atoms. The molecule has 0 saturated heterocycles. The van der Waals surface area contributed by atoms with E-state index in [1.54, 1.807) is 0 Å². The van der Waals surface area contributed by atoms with Crippen molar-refractivity contribution in [3.05, 3.63) is 35.4 Å². The topological polar surface area (TPSA) is 46.5 Å². The number of hydrogen-bond acceptors (Lipinski definition) is 3. The van der Waals surface area contributed by atoms with Gasteiger partial charge < -0.3 is 9.84 Å². The van der Waals surface area contributed by atoms with Crippen LogP contribution in [-0.4, -0.2) is 17.7 Å². The Hall–Kier alpha value is -1.35. The van der Waals surface area contributed by atoms with Crippen LogP contribution in [0.1, 0.15) is 43.4 Å². The maximum atomic E-state index is 11.3. The highest BCUT2D eigenvalue weighted by molar-refractivity contribution is 5.69. The van der Waals surface area contributed by atoms with Crippen LogP contribution in [0, 0.1) is 6.92 Å². The van der Waals surface area contributed by atoms with Crippen LogP contribution in [0.5, 0.6) is 0 Å². The van der Waals surface area contributed by atoms with Gasteiger partial charge in [0.05, 0.1) is 12.7 Å². The maximum absolute atomic E-state index is 11.3. The van der Waals surface area contributed by atoms with Crippen LogP contribution >= 0.6 is 0 Å². The zero-order chi connectivity index (χ0) is 12.7. The molecule has 1 unspecified atom stereocenters. The third-order valence-electron chi connectivity index (χ3n) is 2.55. The van der Waals surface area contributed by atoms with Crippen molar-refractivity contribution in [2.45, 2.75) is 39.2 Å². The number of hydrogen-bond donors (Lipinski definition) is 1. The molecule has 0 aliphatic carbocycles. The Morgan fingerprint density at radius 1 is 1.35 bits per heavy atom. The predicted octanol–water partition coefficient (Wildman–Crippen LogP) is 2.76. The van der Waals surface area contributed by atoms with E-state index in [0.717, 1.165) is 17.5 Å². The average molecular weight is 236 g/mol. The Morgan fingerprint density at radius 3 is 2.59 bits per heavy atom. The first kappa shape index (κ1) is 13.7. The average Bonchev–Trinajstić information content (AvgIpc) is 2.34. The lowest BCUT2D eigenvalue weighted by molar-refractivity contribution is -0.144. The minimum Gasteiger partial charge on any atom is -0.466 e. The molecule has 0 radical (unpaired) electrons. The molecule has 0 aliphatic rings. The van der Waals surface area contributed by atoms with Crippen LogP contribution in [0.4, 0.5) is 0 Å². The SMILES string of the molecule is CCCOC(=O)CCC(O)c1ccc(C)cc1. The first-order chi connectivity index (χ1) is 8.13. The van der Waals surface area contributed by atoms with Crippen LogP contribution in [0.15, 0.2) is 24.3 Å². The van der Waals surface area contributed by atoms with E-state index in [4.69, 9.17) is 4.74 Å². The fourth-order valence-electron chi connectivity index (χ4n) is 1.50. The second kappa shape index (κ2) is 7.07. The lowest BCUT2D eigenvalue weighted by Gasteiger charge is -2.10. The van der Waals surface area contributed by atoms with Crippen molar-refractivity contribution < 1.29 is 14.6 Å². The Morgan fingerprint density at radius 2 is 2.00 bits per heavy atom. The van der Waals surface area contributed by atoms with Gasteiger partial charge >= 0.3 is 5.97 Å².